The summed E-state index contributed by atoms with van der Waals surface area (Å²) in [6.45, 7) is 2.54. The Kier molecular flexibility index (Phi) is 4.64. The van der Waals surface area contributed by atoms with E-state index in [4.69, 9.17) is 16.3 Å². The number of halogens is 1. The molecule has 1 saturated heterocycles. The van der Waals surface area contributed by atoms with Crippen LogP contribution < -0.4 is 5.32 Å². The van der Waals surface area contributed by atoms with Crippen molar-refractivity contribution in [1.82, 2.24) is 0 Å². The average Bonchev–Trinajstić information content (AvgIpc) is 2.94. The third-order valence-corrected chi connectivity index (χ3v) is 3.71. The Morgan fingerprint density at radius 1 is 1.62 bits per heavy atom. The normalized spacial score (nSPS) is 19.2. The maximum absolute atomic E-state index is 11.3. The third-order valence-electron chi connectivity index (χ3n) is 3.41. The van der Waals surface area contributed by atoms with Crippen molar-refractivity contribution in [1.29, 1.82) is 0 Å². The number of hydrogen-bond acceptors (Lipinski definition) is 5. The van der Waals surface area contributed by atoms with E-state index in [0.29, 0.717) is 6.61 Å². The van der Waals surface area contributed by atoms with Crippen LogP contribution in [0, 0.1) is 10.1 Å². The van der Waals surface area contributed by atoms with Gasteiger partial charge in [-0.3, -0.25) is 10.1 Å². The molecule has 2 rings (SSSR count). The van der Waals surface area contributed by atoms with Crippen molar-refractivity contribution < 1.29 is 19.6 Å². The number of anilines is 1. The molecule has 0 amide bonds. The molecule has 2 atom stereocenters. The molecule has 2 unspecified atom stereocenters. The number of hydrogen-bond donors (Lipinski definition) is 2. The number of aromatic carboxylic acids is 1. The molecule has 1 aromatic rings. The molecule has 1 aliphatic rings. The van der Waals surface area contributed by atoms with E-state index in [1.165, 1.54) is 0 Å². The largest absolute Gasteiger partial charge is 0.478 e. The number of carboxylic acids is 1. The number of carboxylic acid groups (broad SMARTS) is 1. The highest BCUT2D eigenvalue weighted by molar-refractivity contribution is 6.34. The zero-order valence-corrected chi connectivity index (χ0v) is 12.1. The topological polar surface area (TPSA) is 102 Å². The molecule has 7 nitrogen and oxygen atoms in total. The van der Waals surface area contributed by atoms with Crippen LogP contribution in [0.25, 0.3) is 0 Å². The zero-order chi connectivity index (χ0) is 15.6. The zero-order valence-electron chi connectivity index (χ0n) is 11.3. The smallest absolute Gasteiger partial charge is 0.338 e. The molecule has 0 aromatic heterocycles. The third kappa shape index (κ3) is 3.43. The first-order chi connectivity index (χ1) is 9.90. The van der Waals surface area contributed by atoms with Crippen molar-refractivity contribution in [3.8, 4) is 0 Å². The second-order valence-electron chi connectivity index (χ2n) is 4.90. The predicted octanol–water partition coefficient (Wildman–Crippen LogP) is 2.93. The standard InChI is InChI=1S/C13H15ClN2O5/c1-7(11-3-2-4-21-11)15-12-9(13(17)18)5-8(16(19)20)6-10(12)14/h5-7,11,15H,2-4H2,1H3,(H,17,18). The minimum absolute atomic E-state index is 0.00597. The molecule has 0 radical (unpaired) electrons. The maximum Gasteiger partial charge on any atom is 0.338 e. The summed E-state index contributed by atoms with van der Waals surface area (Å²) in [6.07, 6.45) is 1.80. The number of nitrogens with one attached hydrogen (secondary N) is 1. The first-order valence-electron chi connectivity index (χ1n) is 6.49. The van der Waals surface area contributed by atoms with E-state index >= 15 is 0 Å². The van der Waals surface area contributed by atoms with Gasteiger partial charge >= 0.3 is 5.97 Å². The number of rotatable bonds is 5. The monoisotopic (exact) mass is 314 g/mol. The Hall–Kier alpha value is -1.86. The van der Waals surface area contributed by atoms with E-state index < -0.39 is 10.9 Å². The fourth-order valence-electron chi connectivity index (χ4n) is 2.33. The van der Waals surface area contributed by atoms with Crippen molar-refractivity contribution in [2.24, 2.45) is 0 Å². The highest BCUT2D eigenvalue weighted by atomic mass is 35.5. The van der Waals surface area contributed by atoms with Crippen LogP contribution in [0.5, 0.6) is 0 Å². The van der Waals surface area contributed by atoms with E-state index in [-0.39, 0.29) is 34.1 Å². The number of ether oxygens (including phenoxy) is 1. The molecule has 1 heterocycles. The van der Waals surface area contributed by atoms with Gasteiger partial charge in [0.05, 0.1) is 27.3 Å². The number of benzene rings is 1. The number of nitro groups is 1. The Balaban J connectivity index is 2.32. The second-order valence-corrected chi connectivity index (χ2v) is 5.30. The molecule has 8 heteroatoms. The molecular weight excluding hydrogens is 300 g/mol. The van der Waals surface area contributed by atoms with Crippen LogP contribution in [0.15, 0.2) is 12.1 Å². The van der Waals surface area contributed by atoms with Gasteiger partial charge in [0, 0.05) is 24.8 Å². The van der Waals surface area contributed by atoms with Crippen LogP contribution in [0.3, 0.4) is 0 Å². The van der Waals surface area contributed by atoms with Crippen LogP contribution in [-0.2, 0) is 4.74 Å². The molecule has 21 heavy (non-hydrogen) atoms. The maximum atomic E-state index is 11.3. The Morgan fingerprint density at radius 2 is 2.33 bits per heavy atom. The van der Waals surface area contributed by atoms with Crippen molar-refractivity contribution in [2.45, 2.75) is 31.9 Å². The van der Waals surface area contributed by atoms with Crippen LogP contribution >= 0.6 is 11.6 Å². The van der Waals surface area contributed by atoms with Gasteiger partial charge in [-0.15, -0.1) is 0 Å². The molecule has 0 bridgehead atoms. The lowest BCUT2D eigenvalue weighted by molar-refractivity contribution is -0.384. The lowest BCUT2D eigenvalue weighted by Crippen LogP contribution is -2.30. The van der Waals surface area contributed by atoms with Gasteiger partial charge in [0.2, 0.25) is 0 Å². The minimum Gasteiger partial charge on any atom is -0.478 e. The van der Waals surface area contributed by atoms with Gasteiger partial charge in [-0.05, 0) is 19.8 Å². The van der Waals surface area contributed by atoms with Gasteiger partial charge in [-0.1, -0.05) is 11.6 Å². The van der Waals surface area contributed by atoms with Gasteiger partial charge in [-0.2, -0.15) is 0 Å². The lowest BCUT2D eigenvalue weighted by atomic mass is 10.1. The van der Waals surface area contributed by atoms with Crippen LogP contribution in [0.4, 0.5) is 11.4 Å². The van der Waals surface area contributed by atoms with Gasteiger partial charge in [0.15, 0.2) is 0 Å². The SMILES string of the molecule is CC(Nc1c(Cl)cc([N+](=O)[O-])cc1C(=O)O)C1CCCO1. The summed E-state index contributed by atoms with van der Waals surface area (Å²) in [6, 6.07) is 1.99. The molecule has 1 aliphatic heterocycles. The van der Waals surface area contributed by atoms with Crippen molar-refractivity contribution in [2.75, 3.05) is 11.9 Å². The van der Waals surface area contributed by atoms with Gasteiger partial charge in [-0.25, -0.2) is 4.79 Å². The predicted molar refractivity (Wildman–Crippen MR) is 77.1 cm³/mol. The van der Waals surface area contributed by atoms with Crippen LogP contribution in [0.2, 0.25) is 5.02 Å². The average molecular weight is 315 g/mol. The highest BCUT2D eigenvalue weighted by Gasteiger charge is 2.26. The molecule has 0 spiro atoms. The number of non-ortho nitro benzene ring substituents is 1. The molecular formula is C13H15ClN2O5. The summed E-state index contributed by atoms with van der Waals surface area (Å²) in [5.41, 5.74) is -0.399. The van der Waals surface area contributed by atoms with Crippen LogP contribution in [0.1, 0.15) is 30.1 Å². The molecule has 2 N–H and O–H groups in total. The summed E-state index contributed by atoms with van der Waals surface area (Å²) >= 11 is 6.00. The first kappa shape index (κ1) is 15.5. The van der Waals surface area contributed by atoms with Crippen molar-refractivity contribution >= 4 is 28.9 Å². The van der Waals surface area contributed by atoms with Gasteiger partial charge < -0.3 is 15.2 Å². The summed E-state index contributed by atoms with van der Waals surface area (Å²) in [4.78, 5) is 21.4. The van der Waals surface area contributed by atoms with Crippen LogP contribution in [-0.4, -0.2) is 34.8 Å². The van der Waals surface area contributed by atoms with Crippen molar-refractivity contribution in [3.63, 3.8) is 0 Å². The summed E-state index contributed by atoms with van der Waals surface area (Å²) in [5, 5.41) is 23.0. The fraction of sp³-hybridized carbons (Fsp3) is 0.462. The minimum atomic E-state index is -1.28. The number of nitro benzene ring substituents is 1. The summed E-state index contributed by atoms with van der Waals surface area (Å²) in [5.74, 6) is -1.28. The summed E-state index contributed by atoms with van der Waals surface area (Å²) < 4.78 is 5.53. The van der Waals surface area contributed by atoms with E-state index in [9.17, 15) is 20.0 Å². The number of nitrogens with zero attached hydrogens (tertiary/aromatic N) is 1. The molecule has 0 aliphatic carbocycles. The van der Waals surface area contributed by atoms with Crippen molar-refractivity contribution in [3.05, 3.63) is 32.8 Å². The van der Waals surface area contributed by atoms with E-state index in [0.717, 1.165) is 25.0 Å². The highest BCUT2D eigenvalue weighted by Crippen LogP contribution is 2.33. The quantitative estimate of drug-likeness (QED) is 0.640. The Bertz CT molecular complexity index is 572. The first-order valence-corrected chi connectivity index (χ1v) is 6.87. The van der Waals surface area contributed by atoms with Gasteiger partial charge in [0.25, 0.3) is 5.69 Å². The van der Waals surface area contributed by atoms with E-state index in [1.54, 1.807) is 0 Å². The molecule has 0 saturated carbocycles. The second kappa shape index (κ2) is 6.28. The number of carbonyl (C=O) groups is 1. The Morgan fingerprint density at radius 3 is 2.86 bits per heavy atom. The fourth-order valence-corrected chi connectivity index (χ4v) is 2.60. The lowest BCUT2D eigenvalue weighted by Gasteiger charge is -2.22. The van der Waals surface area contributed by atoms with E-state index in [2.05, 4.69) is 5.32 Å². The van der Waals surface area contributed by atoms with Gasteiger partial charge in [0.1, 0.15) is 0 Å². The molecule has 1 aromatic carbocycles. The molecule has 1 fully saturated rings. The Labute approximate surface area is 126 Å². The summed E-state index contributed by atoms with van der Waals surface area (Å²) in [7, 11) is 0. The molecule has 114 valence electrons. The van der Waals surface area contributed by atoms with E-state index in [1.807, 2.05) is 6.92 Å².